The van der Waals surface area contributed by atoms with Crippen LogP contribution in [0.1, 0.15) is 32.6 Å². The zero-order chi connectivity index (χ0) is 9.54. The third-order valence-electron chi connectivity index (χ3n) is 4.73. The maximum absolute atomic E-state index is 3.55. The Morgan fingerprint density at radius 1 is 1.07 bits per heavy atom. The average molecular weight is 194 g/mol. The summed E-state index contributed by atoms with van der Waals surface area (Å²) in [6, 6.07) is 1.81. The van der Waals surface area contributed by atoms with Crippen LogP contribution in [0.2, 0.25) is 0 Å². The van der Waals surface area contributed by atoms with E-state index in [2.05, 4.69) is 17.1 Å². The van der Waals surface area contributed by atoms with Crippen molar-refractivity contribution in [2.45, 2.75) is 44.7 Å². The molecule has 0 amide bonds. The summed E-state index contributed by atoms with van der Waals surface area (Å²) in [5, 5.41) is 3.55. The fourth-order valence-electron chi connectivity index (χ4n) is 3.91. The van der Waals surface area contributed by atoms with E-state index in [1.54, 1.807) is 0 Å². The summed E-state index contributed by atoms with van der Waals surface area (Å²) in [4.78, 5) is 2.84. The van der Waals surface area contributed by atoms with Gasteiger partial charge in [-0.05, 0) is 44.2 Å². The van der Waals surface area contributed by atoms with Crippen LogP contribution in [-0.4, -0.2) is 36.6 Å². The standard InChI is InChI=1S/C12H22N2/c1-9-3-2-4-11(9)14-6-5-10-7-13-8-12(10)14/h9-13H,2-8H2,1H3/t9?,10-,11?,12+/m0/s1. The molecule has 3 fully saturated rings. The Labute approximate surface area is 87.0 Å². The van der Waals surface area contributed by atoms with E-state index in [0.29, 0.717) is 0 Å². The Kier molecular flexibility index (Phi) is 2.29. The van der Waals surface area contributed by atoms with Gasteiger partial charge in [0.05, 0.1) is 0 Å². The van der Waals surface area contributed by atoms with Crippen molar-refractivity contribution < 1.29 is 0 Å². The first-order valence-corrected chi connectivity index (χ1v) is 6.32. The van der Waals surface area contributed by atoms with E-state index in [1.807, 2.05) is 0 Å². The summed E-state index contributed by atoms with van der Waals surface area (Å²) >= 11 is 0. The minimum absolute atomic E-state index is 0.889. The van der Waals surface area contributed by atoms with E-state index in [-0.39, 0.29) is 0 Å². The first-order valence-electron chi connectivity index (χ1n) is 6.32. The Morgan fingerprint density at radius 3 is 2.79 bits per heavy atom. The van der Waals surface area contributed by atoms with Crippen molar-refractivity contribution in [2.75, 3.05) is 19.6 Å². The number of nitrogens with zero attached hydrogens (tertiary/aromatic N) is 1. The second-order valence-electron chi connectivity index (χ2n) is 5.49. The van der Waals surface area contributed by atoms with Crippen LogP contribution < -0.4 is 5.32 Å². The van der Waals surface area contributed by atoms with Crippen LogP contribution in [0, 0.1) is 11.8 Å². The zero-order valence-electron chi connectivity index (χ0n) is 9.21. The van der Waals surface area contributed by atoms with Crippen molar-refractivity contribution in [2.24, 2.45) is 11.8 Å². The first-order chi connectivity index (χ1) is 6.86. The SMILES string of the molecule is CC1CCCC1N1CC[C@H]2CNC[C@H]21. The topological polar surface area (TPSA) is 15.3 Å². The number of rotatable bonds is 1. The summed E-state index contributed by atoms with van der Waals surface area (Å²) in [7, 11) is 0. The summed E-state index contributed by atoms with van der Waals surface area (Å²) in [6.07, 6.45) is 5.84. The Balaban J connectivity index is 1.72. The molecule has 0 aromatic rings. The maximum Gasteiger partial charge on any atom is 0.0264 e. The molecular formula is C12H22N2. The highest BCUT2D eigenvalue weighted by Crippen LogP contribution is 2.37. The third-order valence-corrected chi connectivity index (χ3v) is 4.73. The normalized spacial score (nSPS) is 48.6. The quantitative estimate of drug-likeness (QED) is 0.680. The van der Waals surface area contributed by atoms with Crippen molar-refractivity contribution in [3.63, 3.8) is 0 Å². The molecule has 2 unspecified atom stereocenters. The highest BCUT2D eigenvalue weighted by atomic mass is 15.3. The number of hydrogen-bond donors (Lipinski definition) is 1. The van der Waals surface area contributed by atoms with Gasteiger partial charge in [-0.15, -0.1) is 0 Å². The van der Waals surface area contributed by atoms with Crippen LogP contribution >= 0.6 is 0 Å². The molecule has 0 aromatic carbocycles. The minimum Gasteiger partial charge on any atom is -0.315 e. The molecule has 0 radical (unpaired) electrons. The van der Waals surface area contributed by atoms with Gasteiger partial charge < -0.3 is 5.32 Å². The molecule has 1 N–H and O–H groups in total. The molecule has 0 aromatic heterocycles. The molecule has 80 valence electrons. The number of fused-ring (bicyclic) bond motifs is 1. The van der Waals surface area contributed by atoms with Gasteiger partial charge in [0, 0.05) is 18.6 Å². The van der Waals surface area contributed by atoms with Gasteiger partial charge in [0.1, 0.15) is 0 Å². The number of likely N-dealkylation sites (tertiary alicyclic amines) is 1. The number of nitrogens with one attached hydrogen (secondary N) is 1. The second kappa shape index (κ2) is 3.49. The molecule has 1 aliphatic carbocycles. The van der Waals surface area contributed by atoms with Crippen LogP contribution in [0.15, 0.2) is 0 Å². The van der Waals surface area contributed by atoms with Crippen molar-refractivity contribution in [3.05, 3.63) is 0 Å². The van der Waals surface area contributed by atoms with Gasteiger partial charge in [-0.25, -0.2) is 0 Å². The van der Waals surface area contributed by atoms with Gasteiger partial charge in [-0.2, -0.15) is 0 Å². The first kappa shape index (κ1) is 9.17. The third kappa shape index (κ3) is 1.31. The Bertz CT molecular complexity index is 216. The highest BCUT2D eigenvalue weighted by Gasteiger charge is 2.42. The van der Waals surface area contributed by atoms with E-state index < -0.39 is 0 Å². The molecule has 2 nitrogen and oxygen atoms in total. The Morgan fingerprint density at radius 2 is 2.00 bits per heavy atom. The molecule has 0 bridgehead atoms. The van der Waals surface area contributed by atoms with Crippen molar-refractivity contribution in [3.8, 4) is 0 Å². The van der Waals surface area contributed by atoms with Crippen LogP contribution in [0.4, 0.5) is 0 Å². The highest BCUT2D eigenvalue weighted by molar-refractivity contribution is 4.99. The van der Waals surface area contributed by atoms with E-state index in [1.165, 1.54) is 45.3 Å². The molecule has 4 atom stereocenters. The van der Waals surface area contributed by atoms with Gasteiger partial charge in [-0.1, -0.05) is 13.3 Å². The van der Waals surface area contributed by atoms with E-state index in [9.17, 15) is 0 Å². The zero-order valence-corrected chi connectivity index (χ0v) is 9.21. The van der Waals surface area contributed by atoms with Gasteiger partial charge >= 0.3 is 0 Å². The van der Waals surface area contributed by atoms with E-state index in [0.717, 1.165) is 23.9 Å². The lowest BCUT2D eigenvalue weighted by atomic mass is 10.0. The summed E-state index contributed by atoms with van der Waals surface area (Å²) in [6.45, 7) is 6.37. The lowest BCUT2D eigenvalue weighted by molar-refractivity contribution is 0.151. The Hall–Kier alpha value is -0.0800. The van der Waals surface area contributed by atoms with Crippen LogP contribution in [0.3, 0.4) is 0 Å². The molecule has 14 heavy (non-hydrogen) atoms. The van der Waals surface area contributed by atoms with Crippen molar-refractivity contribution in [1.29, 1.82) is 0 Å². The van der Waals surface area contributed by atoms with Gasteiger partial charge in [0.15, 0.2) is 0 Å². The smallest absolute Gasteiger partial charge is 0.0264 e. The van der Waals surface area contributed by atoms with E-state index in [4.69, 9.17) is 0 Å². The number of hydrogen-bond acceptors (Lipinski definition) is 2. The largest absolute Gasteiger partial charge is 0.315 e. The lowest BCUT2D eigenvalue weighted by Gasteiger charge is -2.32. The molecule has 0 spiro atoms. The molecule has 3 rings (SSSR count). The predicted octanol–water partition coefficient (Wildman–Crippen LogP) is 1.47. The van der Waals surface area contributed by atoms with Gasteiger partial charge in [0.25, 0.3) is 0 Å². The fraction of sp³-hybridized carbons (Fsp3) is 1.00. The minimum atomic E-state index is 0.889. The molecule has 2 aliphatic heterocycles. The average Bonchev–Trinajstić information content (AvgIpc) is 2.78. The second-order valence-corrected chi connectivity index (χ2v) is 5.49. The van der Waals surface area contributed by atoms with E-state index >= 15 is 0 Å². The van der Waals surface area contributed by atoms with Crippen molar-refractivity contribution in [1.82, 2.24) is 10.2 Å². The summed E-state index contributed by atoms with van der Waals surface area (Å²) < 4.78 is 0. The molecule has 1 saturated carbocycles. The monoisotopic (exact) mass is 194 g/mol. The van der Waals surface area contributed by atoms with Crippen LogP contribution in [-0.2, 0) is 0 Å². The van der Waals surface area contributed by atoms with Gasteiger partial charge in [-0.3, -0.25) is 4.90 Å². The molecule has 2 heteroatoms. The van der Waals surface area contributed by atoms with Crippen molar-refractivity contribution >= 4 is 0 Å². The summed E-state index contributed by atoms with van der Waals surface area (Å²) in [5.74, 6) is 1.93. The molecule has 2 heterocycles. The molecule has 3 aliphatic rings. The summed E-state index contributed by atoms with van der Waals surface area (Å²) in [5.41, 5.74) is 0. The van der Waals surface area contributed by atoms with Crippen LogP contribution in [0.25, 0.3) is 0 Å². The maximum atomic E-state index is 3.55. The lowest BCUT2D eigenvalue weighted by Crippen LogP contribution is -2.43. The van der Waals surface area contributed by atoms with Gasteiger partial charge in [0.2, 0.25) is 0 Å². The fourth-order valence-corrected chi connectivity index (χ4v) is 3.91. The molecule has 2 saturated heterocycles. The predicted molar refractivity (Wildman–Crippen MR) is 58.3 cm³/mol. The molecular weight excluding hydrogens is 172 g/mol. The van der Waals surface area contributed by atoms with Crippen LogP contribution in [0.5, 0.6) is 0 Å².